The van der Waals surface area contributed by atoms with Gasteiger partial charge in [-0.1, -0.05) is 0 Å². The quantitative estimate of drug-likeness (QED) is 0.377. The first-order valence-corrected chi connectivity index (χ1v) is 7.23. The van der Waals surface area contributed by atoms with E-state index in [2.05, 4.69) is 15.6 Å². The van der Waals surface area contributed by atoms with Gasteiger partial charge in [-0.05, 0) is 52.3 Å². The van der Waals surface area contributed by atoms with E-state index in [0.29, 0.717) is 18.2 Å². The molecular weight excluding hydrogens is 276 g/mol. The van der Waals surface area contributed by atoms with Crippen LogP contribution in [0.1, 0.15) is 40.0 Å². The Hall–Kier alpha value is -1.21. The zero-order chi connectivity index (χ0) is 15.4. The number of thiocarbonyl (C=S) groups is 1. The number of hydrogen-bond donors (Lipinski definition) is 3. The van der Waals surface area contributed by atoms with E-state index in [0.717, 1.165) is 25.8 Å². The van der Waals surface area contributed by atoms with E-state index in [1.807, 2.05) is 20.8 Å². The van der Waals surface area contributed by atoms with Gasteiger partial charge in [-0.2, -0.15) is 0 Å². The molecule has 0 spiro atoms. The molecule has 0 aliphatic rings. The van der Waals surface area contributed by atoms with E-state index in [1.165, 1.54) is 0 Å². The van der Waals surface area contributed by atoms with Crippen LogP contribution in [0.4, 0.5) is 4.79 Å². The SMILES string of the molecule is CC(C)(C)OC(=O)NCCCCCNC(=S)N=CCN. The van der Waals surface area contributed by atoms with E-state index in [9.17, 15) is 4.79 Å². The van der Waals surface area contributed by atoms with Gasteiger partial charge in [0.1, 0.15) is 5.60 Å². The van der Waals surface area contributed by atoms with Crippen molar-refractivity contribution in [1.29, 1.82) is 0 Å². The van der Waals surface area contributed by atoms with Crippen LogP contribution in [0.25, 0.3) is 0 Å². The Morgan fingerprint density at radius 3 is 2.40 bits per heavy atom. The molecule has 6 nitrogen and oxygen atoms in total. The van der Waals surface area contributed by atoms with Crippen LogP contribution >= 0.6 is 12.2 Å². The molecule has 0 aromatic carbocycles. The number of unbranched alkanes of at least 4 members (excludes halogenated alkanes) is 2. The summed E-state index contributed by atoms with van der Waals surface area (Å²) < 4.78 is 5.13. The summed E-state index contributed by atoms with van der Waals surface area (Å²) in [5.74, 6) is 0. The van der Waals surface area contributed by atoms with Crippen LogP contribution in [-0.4, -0.2) is 42.7 Å². The summed E-state index contributed by atoms with van der Waals surface area (Å²) >= 11 is 4.97. The first kappa shape index (κ1) is 18.8. The number of aliphatic imine (C=N–C) groups is 1. The zero-order valence-corrected chi connectivity index (χ0v) is 13.4. The largest absolute Gasteiger partial charge is 0.444 e. The monoisotopic (exact) mass is 302 g/mol. The lowest BCUT2D eigenvalue weighted by Gasteiger charge is -2.19. The fraction of sp³-hybridized carbons (Fsp3) is 0.769. The maximum Gasteiger partial charge on any atom is 0.407 e. The molecule has 0 heterocycles. The summed E-state index contributed by atoms with van der Waals surface area (Å²) in [6.07, 6.45) is 4.06. The van der Waals surface area contributed by atoms with Gasteiger partial charge in [-0.3, -0.25) is 0 Å². The van der Waals surface area contributed by atoms with Gasteiger partial charge in [0.15, 0.2) is 5.11 Å². The smallest absolute Gasteiger partial charge is 0.407 e. The average molecular weight is 302 g/mol. The van der Waals surface area contributed by atoms with Gasteiger partial charge in [0.05, 0.1) is 0 Å². The molecule has 0 atom stereocenters. The molecule has 20 heavy (non-hydrogen) atoms. The van der Waals surface area contributed by atoms with E-state index in [1.54, 1.807) is 6.21 Å². The number of rotatable bonds is 7. The highest BCUT2D eigenvalue weighted by Crippen LogP contribution is 2.06. The number of nitrogens with two attached hydrogens (primary N) is 1. The second-order valence-corrected chi connectivity index (χ2v) is 5.66. The number of alkyl carbamates (subject to hydrolysis) is 1. The van der Waals surface area contributed by atoms with Crippen LogP contribution in [-0.2, 0) is 4.74 Å². The molecule has 0 aliphatic carbocycles. The average Bonchev–Trinajstić information content (AvgIpc) is 2.33. The summed E-state index contributed by atoms with van der Waals surface area (Å²) in [7, 11) is 0. The minimum absolute atomic E-state index is 0.368. The van der Waals surface area contributed by atoms with Gasteiger partial charge >= 0.3 is 6.09 Å². The van der Waals surface area contributed by atoms with Gasteiger partial charge < -0.3 is 21.1 Å². The number of ether oxygens (including phenoxy) is 1. The van der Waals surface area contributed by atoms with Gasteiger partial charge in [0.2, 0.25) is 0 Å². The second kappa shape index (κ2) is 10.6. The fourth-order valence-electron chi connectivity index (χ4n) is 1.31. The van der Waals surface area contributed by atoms with Crippen LogP contribution in [0.15, 0.2) is 4.99 Å². The number of nitrogens with zero attached hydrogens (tertiary/aromatic N) is 1. The van der Waals surface area contributed by atoms with E-state index < -0.39 is 5.60 Å². The highest BCUT2D eigenvalue weighted by Gasteiger charge is 2.15. The van der Waals surface area contributed by atoms with Crippen LogP contribution in [0.3, 0.4) is 0 Å². The van der Waals surface area contributed by atoms with Crippen LogP contribution in [0, 0.1) is 0 Å². The zero-order valence-electron chi connectivity index (χ0n) is 12.6. The van der Waals surface area contributed by atoms with E-state index in [4.69, 9.17) is 22.7 Å². The van der Waals surface area contributed by atoms with Crippen LogP contribution < -0.4 is 16.4 Å². The van der Waals surface area contributed by atoms with E-state index >= 15 is 0 Å². The third kappa shape index (κ3) is 13.2. The Labute approximate surface area is 126 Å². The van der Waals surface area contributed by atoms with Crippen molar-refractivity contribution in [2.45, 2.75) is 45.6 Å². The summed E-state index contributed by atoms with van der Waals surface area (Å²) in [5.41, 5.74) is 4.82. The summed E-state index contributed by atoms with van der Waals surface area (Å²) in [4.78, 5) is 15.3. The topological polar surface area (TPSA) is 88.7 Å². The number of nitrogens with one attached hydrogen (secondary N) is 2. The Morgan fingerprint density at radius 2 is 1.85 bits per heavy atom. The maximum absolute atomic E-state index is 11.3. The number of hydrogen-bond acceptors (Lipinski definition) is 4. The van der Waals surface area contributed by atoms with Crippen molar-refractivity contribution in [2.75, 3.05) is 19.6 Å². The molecule has 7 heteroatoms. The number of carbonyl (C=O) groups excluding carboxylic acids is 1. The molecule has 4 N–H and O–H groups in total. The third-order valence-electron chi connectivity index (χ3n) is 2.11. The van der Waals surface area contributed by atoms with Gasteiger partial charge in [-0.15, -0.1) is 0 Å². The Morgan fingerprint density at radius 1 is 1.25 bits per heavy atom. The normalized spacial score (nSPS) is 11.4. The Bertz CT molecular complexity index is 327. The summed E-state index contributed by atoms with van der Waals surface area (Å²) in [6, 6.07) is 0. The van der Waals surface area contributed by atoms with Crippen molar-refractivity contribution in [2.24, 2.45) is 10.7 Å². The predicted octanol–water partition coefficient (Wildman–Crippen LogP) is 1.59. The molecular formula is C13H26N4O2S. The van der Waals surface area contributed by atoms with Crippen molar-refractivity contribution in [1.82, 2.24) is 10.6 Å². The fourth-order valence-corrected chi connectivity index (χ4v) is 1.48. The van der Waals surface area contributed by atoms with Crippen LogP contribution in [0.5, 0.6) is 0 Å². The van der Waals surface area contributed by atoms with Crippen molar-refractivity contribution in [3.8, 4) is 0 Å². The first-order valence-electron chi connectivity index (χ1n) is 6.82. The molecule has 0 unspecified atom stereocenters. The lowest BCUT2D eigenvalue weighted by atomic mass is 10.2. The minimum Gasteiger partial charge on any atom is -0.444 e. The lowest BCUT2D eigenvalue weighted by molar-refractivity contribution is 0.0527. The second-order valence-electron chi connectivity index (χ2n) is 5.27. The van der Waals surface area contributed by atoms with Crippen LogP contribution in [0.2, 0.25) is 0 Å². The molecule has 116 valence electrons. The lowest BCUT2D eigenvalue weighted by Crippen LogP contribution is -2.33. The van der Waals surface area contributed by atoms with Crippen molar-refractivity contribution < 1.29 is 9.53 Å². The first-order chi connectivity index (χ1) is 9.35. The highest BCUT2D eigenvalue weighted by atomic mass is 32.1. The molecule has 0 aromatic heterocycles. The highest BCUT2D eigenvalue weighted by molar-refractivity contribution is 7.80. The number of carbonyl (C=O) groups is 1. The third-order valence-corrected chi connectivity index (χ3v) is 2.36. The molecule has 0 aromatic rings. The maximum atomic E-state index is 11.3. The molecule has 0 bridgehead atoms. The molecule has 0 fully saturated rings. The summed E-state index contributed by atoms with van der Waals surface area (Å²) in [6.45, 7) is 7.30. The van der Waals surface area contributed by atoms with E-state index in [-0.39, 0.29) is 6.09 Å². The molecule has 0 aliphatic heterocycles. The molecule has 0 saturated heterocycles. The Kier molecular flexibility index (Phi) is 9.92. The Balaban J connectivity index is 3.43. The standard InChI is InChI=1S/C13H26N4O2S/c1-13(2,3)19-12(18)17-9-6-4-5-8-15-11(20)16-10-7-14/h10H,4-9,14H2,1-3H3,(H,15,20)(H,17,18). The minimum atomic E-state index is -0.451. The van der Waals surface area contributed by atoms with Gasteiger partial charge in [0.25, 0.3) is 0 Å². The van der Waals surface area contributed by atoms with Crippen molar-refractivity contribution in [3.63, 3.8) is 0 Å². The van der Waals surface area contributed by atoms with Crippen molar-refractivity contribution in [3.05, 3.63) is 0 Å². The van der Waals surface area contributed by atoms with Gasteiger partial charge in [0, 0.05) is 25.8 Å². The predicted molar refractivity (Wildman–Crippen MR) is 86.2 cm³/mol. The molecule has 0 saturated carbocycles. The number of amides is 1. The molecule has 0 radical (unpaired) electrons. The van der Waals surface area contributed by atoms with Gasteiger partial charge in [-0.25, -0.2) is 9.79 Å². The molecule has 0 rings (SSSR count). The summed E-state index contributed by atoms with van der Waals surface area (Å²) in [5, 5.41) is 6.20. The molecule has 1 amide bonds. The van der Waals surface area contributed by atoms with Crippen molar-refractivity contribution >= 4 is 29.6 Å².